The molecule has 1 amide bonds. The predicted octanol–water partition coefficient (Wildman–Crippen LogP) is 5.93. The maximum atomic E-state index is 12.7. The molecule has 180 valence electrons. The molecule has 0 heterocycles. The smallest absolute Gasteiger partial charge is 0.339 e. The fourth-order valence-electron chi connectivity index (χ4n) is 3.12. The molecule has 0 radical (unpaired) electrons. The number of amides is 1. The fraction of sp³-hybridized carbons (Fsp3) is 0.120. The summed E-state index contributed by atoms with van der Waals surface area (Å²) in [7, 11) is -2.93. The number of nitrogens with zero attached hydrogens (tertiary/aromatic N) is 1. The van der Waals surface area contributed by atoms with Crippen molar-refractivity contribution in [1.29, 1.82) is 5.26 Å². The molecule has 0 aliphatic rings. The lowest BCUT2D eigenvalue weighted by atomic mass is 10.1. The number of hydrogen-bond acceptors (Lipinski definition) is 6. The largest absolute Gasteiger partial charge is 0.493 e. The van der Waals surface area contributed by atoms with Crippen LogP contribution in [-0.4, -0.2) is 21.4 Å². The van der Waals surface area contributed by atoms with E-state index in [0.29, 0.717) is 16.3 Å². The van der Waals surface area contributed by atoms with E-state index < -0.39 is 16.0 Å². The zero-order chi connectivity index (χ0) is 25.8. The SMILES string of the molecule is COc1cc(/C=C(\C#N)C(=O)Nc2ccc(C)cc2C)cc(Cl)c1OS(=O)(=O)c1ccc(Cl)cc1. The molecule has 3 aromatic rings. The van der Waals surface area contributed by atoms with Crippen LogP contribution in [0.2, 0.25) is 10.0 Å². The summed E-state index contributed by atoms with van der Waals surface area (Å²) in [6.07, 6.45) is 1.31. The number of aryl methyl sites for hydroxylation is 2. The third-order valence-electron chi connectivity index (χ3n) is 4.85. The van der Waals surface area contributed by atoms with Crippen LogP contribution >= 0.6 is 23.2 Å². The molecule has 0 spiro atoms. The van der Waals surface area contributed by atoms with Crippen LogP contribution < -0.4 is 14.2 Å². The van der Waals surface area contributed by atoms with E-state index in [9.17, 15) is 18.5 Å². The van der Waals surface area contributed by atoms with E-state index in [2.05, 4.69) is 5.32 Å². The van der Waals surface area contributed by atoms with Crippen molar-refractivity contribution < 1.29 is 22.1 Å². The lowest BCUT2D eigenvalue weighted by molar-refractivity contribution is -0.112. The summed E-state index contributed by atoms with van der Waals surface area (Å²) in [5, 5.41) is 12.5. The number of ether oxygens (including phenoxy) is 1. The van der Waals surface area contributed by atoms with Gasteiger partial charge < -0.3 is 14.2 Å². The zero-order valence-electron chi connectivity index (χ0n) is 18.9. The van der Waals surface area contributed by atoms with Gasteiger partial charge in [-0.2, -0.15) is 13.7 Å². The maximum absolute atomic E-state index is 12.7. The Morgan fingerprint density at radius 3 is 2.34 bits per heavy atom. The molecule has 0 aromatic heterocycles. The highest BCUT2D eigenvalue weighted by atomic mass is 35.5. The van der Waals surface area contributed by atoms with Crippen LogP contribution in [0.4, 0.5) is 5.69 Å². The molecule has 35 heavy (non-hydrogen) atoms. The van der Waals surface area contributed by atoms with Gasteiger partial charge in [0.25, 0.3) is 5.91 Å². The lowest BCUT2D eigenvalue weighted by Crippen LogP contribution is -2.14. The van der Waals surface area contributed by atoms with Gasteiger partial charge in [0.1, 0.15) is 16.5 Å². The van der Waals surface area contributed by atoms with Crippen LogP contribution in [0.5, 0.6) is 11.5 Å². The first-order chi connectivity index (χ1) is 16.5. The van der Waals surface area contributed by atoms with Gasteiger partial charge in [0.05, 0.1) is 12.1 Å². The van der Waals surface area contributed by atoms with E-state index in [4.69, 9.17) is 32.1 Å². The molecule has 0 fully saturated rings. The van der Waals surface area contributed by atoms with Crippen molar-refractivity contribution in [3.8, 4) is 17.6 Å². The summed E-state index contributed by atoms with van der Waals surface area (Å²) in [4.78, 5) is 12.6. The average molecular weight is 531 g/mol. The highest BCUT2D eigenvalue weighted by Crippen LogP contribution is 2.39. The van der Waals surface area contributed by atoms with E-state index in [1.807, 2.05) is 32.0 Å². The quantitative estimate of drug-likeness (QED) is 0.230. The van der Waals surface area contributed by atoms with Gasteiger partial charge >= 0.3 is 10.1 Å². The molecule has 0 saturated carbocycles. The topological polar surface area (TPSA) is 105 Å². The Kier molecular flexibility index (Phi) is 8.07. The monoisotopic (exact) mass is 530 g/mol. The van der Waals surface area contributed by atoms with Gasteiger partial charge in [0.2, 0.25) is 5.75 Å². The van der Waals surface area contributed by atoms with Crippen molar-refractivity contribution >= 4 is 51.0 Å². The first kappa shape index (κ1) is 26.1. The number of benzene rings is 3. The number of nitriles is 1. The van der Waals surface area contributed by atoms with E-state index >= 15 is 0 Å². The van der Waals surface area contributed by atoms with Crippen molar-refractivity contribution in [3.05, 3.63) is 86.9 Å². The third-order valence-corrected chi connectivity index (χ3v) is 6.62. The molecule has 1 N–H and O–H groups in total. The summed E-state index contributed by atoms with van der Waals surface area (Å²) in [5.74, 6) is -0.854. The van der Waals surface area contributed by atoms with Gasteiger partial charge in [0, 0.05) is 10.7 Å². The standard InChI is InChI=1S/C25H20Cl2N2O5S/c1-15-4-9-22(16(2)10-15)29-25(30)18(14-28)11-17-12-21(27)24(23(13-17)33-3)34-35(31,32)20-7-5-19(26)6-8-20/h4-13H,1-3H3,(H,29,30)/b18-11+. The number of hydrogen-bond donors (Lipinski definition) is 1. The van der Waals surface area contributed by atoms with Gasteiger partial charge in [-0.25, -0.2) is 0 Å². The van der Waals surface area contributed by atoms with Crippen LogP contribution in [-0.2, 0) is 14.9 Å². The van der Waals surface area contributed by atoms with E-state index in [1.165, 1.54) is 49.6 Å². The van der Waals surface area contributed by atoms with Crippen molar-refractivity contribution in [2.45, 2.75) is 18.7 Å². The molecule has 7 nitrogen and oxygen atoms in total. The highest BCUT2D eigenvalue weighted by molar-refractivity contribution is 7.87. The lowest BCUT2D eigenvalue weighted by Gasteiger charge is -2.13. The van der Waals surface area contributed by atoms with Crippen molar-refractivity contribution in [1.82, 2.24) is 0 Å². The van der Waals surface area contributed by atoms with E-state index in [0.717, 1.165) is 11.1 Å². The molecule has 10 heteroatoms. The van der Waals surface area contributed by atoms with Gasteiger partial charge in [-0.05, 0) is 73.5 Å². The van der Waals surface area contributed by atoms with Gasteiger partial charge in [-0.1, -0.05) is 40.9 Å². The molecule has 0 unspecified atom stereocenters. The summed E-state index contributed by atoms with van der Waals surface area (Å²) in [6, 6.07) is 15.6. The Morgan fingerprint density at radius 1 is 1.06 bits per heavy atom. The van der Waals surface area contributed by atoms with Gasteiger partial charge in [0.15, 0.2) is 5.75 Å². The number of rotatable bonds is 7. The third kappa shape index (κ3) is 6.34. The first-order valence-electron chi connectivity index (χ1n) is 10.1. The van der Waals surface area contributed by atoms with Gasteiger partial charge in [-0.15, -0.1) is 0 Å². The van der Waals surface area contributed by atoms with Crippen molar-refractivity contribution in [3.63, 3.8) is 0 Å². The fourth-order valence-corrected chi connectivity index (χ4v) is 4.51. The molecule has 3 aromatic carbocycles. The summed E-state index contributed by atoms with van der Waals surface area (Å²) in [6.45, 7) is 3.78. The number of halogens is 2. The molecule has 0 bridgehead atoms. The molecule has 0 aliphatic heterocycles. The Balaban J connectivity index is 1.91. The van der Waals surface area contributed by atoms with Crippen molar-refractivity contribution in [2.75, 3.05) is 12.4 Å². The Hall–Kier alpha value is -3.51. The molecular formula is C25H20Cl2N2O5S. The summed E-state index contributed by atoms with van der Waals surface area (Å²) in [5.41, 5.74) is 2.61. The van der Waals surface area contributed by atoms with Crippen LogP contribution in [0.15, 0.2) is 65.1 Å². The molecule has 3 rings (SSSR count). The maximum Gasteiger partial charge on any atom is 0.339 e. The number of carbonyl (C=O) groups is 1. The minimum Gasteiger partial charge on any atom is -0.493 e. The Bertz CT molecular complexity index is 1460. The number of nitrogens with one attached hydrogen (secondary N) is 1. The van der Waals surface area contributed by atoms with Crippen LogP contribution in [0, 0.1) is 25.2 Å². The molecule has 0 aliphatic carbocycles. The summed E-state index contributed by atoms with van der Waals surface area (Å²) >= 11 is 12.1. The molecular weight excluding hydrogens is 511 g/mol. The predicted molar refractivity (Wildman–Crippen MR) is 135 cm³/mol. The second-order valence-corrected chi connectivity index (χ2v) is 9.86. The summed E-state index contributed by atoms with van der Waals surface area (Å²) < 4.78 is 35.8. The molecule has 0 atom stereocenters. The van der Waals surface area contributed by atoms with Crippen LogP contribution in [0.25, 0.3) is 6.08 Å². The van der Waals surface area contributed by atoms with E-state index in [-0.39, 0.29) is 27.0 Å². The number of anilines is 1. The Morgan fingerprint density at radius 2 is 1.74 bits per heavy atom. The van der Waals surface area contributed by atoms with Gasteiger partial charge in [-0.3, -0.25) is 4.79 Å². The van der Waals surface area contributed by atoms with E-state index in [1.54, 1.807) is 6.07 Å². The minimum atomic E-state index is -4.24. The molecule has 0 saturated heterocycles. The second-order valence-electron chi connectivity index (χ2n) is 7.47. The number of carbonyl (C=O) groups excluding carboxylic acids is 1. The van der Waals surface area contributed by atoms with Crippen LogP contribution in [0.3, 0.4) is 0 Å². The first-order valence-corrected chi connectivity index (χ1v) is 12.3. The second kappa shape index (κ2) is 10.8. The van der Waals surface area contributed by atoms with Crippen molar-refractivity contribution in [2.24, 2.45) is 0 Å². The normalized spacial score (nSPS) is 11.5. The minimum absolute atomic E-state index is 0.00614. The number of methoxy groups -OCH3 is 1. The highest BCUT2D eigenvalue weighted by Gasteiger charge is 2.22. The average Bonchev–Trinajstić information content (AvgIpc) is 2.80. The van der Waals surface area contributed by atoms with Crippen LogP contribution in [0.1, 0.15) is 16.7 Å². The zero-order valence-corrected chi connectivity index (χ0v) is 21.3. The Labute approximate surface area is 213 Å².